The Morgan fingerprint density at radius 3 is 2.96 bits per heavy atom. The number of likely N-dealkylation sites (tertiary alicyclic amines) is 1. The van der Waals surface area contributed by atoms with Gasteiger partial charge in [0.05, 0.1) is 0 Å². The third kappa shape index (κ3) is 5.49. The summed E-state index contributed by atoms with van der Waals surface area (Å²) < 4.78 is 0. The normalized spacial score (nSPS) is 14.9. The molecule has 6 nitrogen and oxygen atoms in total. The van der Waals surface area contributed by atoms with Crippen LogP contribution in [-0.4, -0.2) is 54.5 Å². The van der Waals surface area contributed by atoms with Gasteiger partial charge in [0.25, 0.3) is 0 Å². The van der Waals surface area contributed by atoms with Gasteiger partial charge < -0.3 is 20.5 Å². The molecule has 1 aliphatic rings. The average Bonchev–Trinajstić information content (AvgIpc) is 3.28. The van der Waals surface area contributed by atoms with Crippen molar-refractivity contribution in [3.05, 3.63) is 36.0 Å². The van der Waals surface area contributed by atoms with Gasteiger partial charge in [0.2, 0.25) is 5.91 Å². The second kappa shape index (κ2) is 10.00. The van der Waals surface area contributed by atoms with E-state index < -0.39 is 0 Å². The number of carbonyl (C=O) groups excluding carboxylic acids is 1. The van der Waals surface area contributed by atoms with Gasteiger partial charge in [0.15, 0.2) is 5.96 Å². The first-order valence-electron chi connectivity index (χ1n) is 10.1. The molecule has 146 valence electrons. The number of aromatic amines is 1. The fourth-order valence-electron chi connectivity index (χ4n) is 3.56. The third-order valence-corrected chi connectivity index (χ3v) is 4.96. The maximum Gasteiger partial charge on any atom is 0.222 e. The third-order valence-electron chi connectivity index (χ3n) is 4.96. The molecule has 3 N–H and O–H groups in total. The second-order valence-electron chi connectivity index (χ2n) is 6.99. The van der Waals surface area contributed by atoms with Gasteiger partial charge >= 0.3 is 0 Å². The first kappa shape index (κ1) is 19.3. The topological polar surface area (TPSA) is 72.5 Å². The first-order chi connectivity index (χ1) is 13.3. The molecule has 6 heteroatoms. The Balaban J connectivity index is 1.39. The van der Waals surface area contributed by atoms with E-state index in [-0.39, 0.29) is 0 Å². The number of amides is 1. The highest BCUT2D eigenvalue weighted by Crippen LogP contribution is 2.18. The molecule has 0 spiro atoms. The van der Waals surface area contributed by atoms with E-state index in [1.807, 2.05) is 4.90 Å². The average molecular weight is 370 g/mol. The van der Waals surface area contributed by atoms with Crippen LogP contribution in [0.3, 0.4) is 0 Å². The standard InChI is InChI=1S/C21H31N5O/c1-2-22-21(24-13-7-15-26-14-6-11-20(26)27)23-12-5-8-17-16-25-19-10-4-3-9-18(17)19/h3-4,9-10,16,25H,2,5-8,11-15H2,1H3,(H2,22,23,24). The van der Waals surface area contributed by atoms with Crippen LogP contribution in [0, 0.1) is 0 Å². The Labute approximate surface area is 161 Å². The molecule has 1 fully saturated rings. The van der Waals surface area contributed by atoms with E-state index >= 15 is 0 Å². The predicted molar refractivity (Wildman–Crippen MR) is 111 cm³/mol. The number of para-hydroxylation sites is 1. The lowest BCUT2D eigenvalue weighted by Gasteiger charge is -2.15. The Morgan fingerprint density at radius 1 is 1.26 bits per heavy atom. The van der Waals surface area contributed by atoms with Crippen LogP contribution in [0.1, 0.15) is 38.2 Å². The lowest BCUT2D eigenvalue weighted by atomic mass is 10.1. The van der Waals surface area contributed by atoms with Crippen molar-refractivity contribution in [1.29, 1.82) is 0 Å². The Kier molecular flexibility index (Phi) is 7.13. The number of nitrogens with one attached hydrogen (secondary N) is 3. The molecule has 2 heterocycles. The van der Waals surface area contributed by atoms with Crippen LogP contribution in [0.15, 0.2) is 35.5 Å². The number of nitrogens with zero attached hydrogens (tertiary/aromatic N) is 2. The summed E-state index contributed by atoms with van der Waals surface area (Å²) in [5, 5.41) is 8.03. The molecular weight excluding hydrogens is 338 g/mol. The minimum Gasteiger partial charge on any atom is -0.361 e. The minimum atomic E-state index is 0.293. The van der Waals surface area contributed by atoms with Gasteiger partial charge in [0.1, 0.15) is 0 Å². The Morgan fingerprint density at radius 2 is 2.15 bits per heavy atom. The fourth-order valence-corrected chi connectivity index (χ4v) is 3.56. The molecule has 1 saturated heterocycles. The van der Waals surface area contributed by atoms with Gasteiger partial charge in [-0.2, -0.15) is 0 Å². The van der Waals surface area contributed by atoms with E-state index in [4.69, 9.17) is 0 Å². The molecule has 1 amide bonds. The predicted octanol–water partition coefficient (Wildman–Crippen LogP) is 2.67. The summed E-state index contributed by atoms with van der Waals surface area (Å²) in [5.74, 6) is 1.16. The molecule has 2 aromatic rings. The zero-order valence-electron chi connectivity index (χ0n) is 16.3. The van der Waals surface area contributed by atoms with Crippen molar-refractivity contribution < 1.29 is 4.79 Å². The number of hydrogen-bond acceptors (Lipinski definition) is 2. The van der Waals surface area contributed by atoms with Crippen LogP contribution in [0.2, 0.25) is 0 Å². The summed E-state index contributed by atoms with van der Waals surface area (Å²) >= 11 is 0. The number of guanidine groups is 1. The molecule has 0 aliphatic carbocycles. The van der Waals surface area contributed by atoms with Crippen molar-refractivity contribution in [2.45, 2.75) is 39.0 Å². The fraction of sp³-hybridized carbons (Fsp3) is 0.524. The van der Waals surface area contributed by atoms with E-state index in [0.29, 0.717) is 12.3 Å². The minimum absolute atomic E-state index is 0.293. The van der Waals surface area contributed by atoms with Crippen molar-refractivity contribution in [1.82, 2.24) is 20.5 Å². The van der Waals surface area contributed by atoms with E-state index in [2.05, 4.69) is 58.0 Å². The highest BCUT2D eigenvalue weighted by atomic mass is 16.2. The molecule has 27 heavy (non-hydrogen) atoms. The first-order valence-corrected chi connectivity index (χ1v) is 10.1. The smallest absolute Gasteiger partial charge is 0.222 e. The number of aryl methyl sites for hydroxylation is 1. The summed E-state index contributed by atoms with van der Waals surface area (Å²) in [6, 6.07) is 8.43. The molecule has 0 saturated carbocycles. The molecule has 1 aromatic heterocycles. The highest BCUT2D eigenvalue weighted by Gasteiger charge is 2.18. The molecule has 0 radical (unpaired) electrons. The van der Waals surface area contributed by atoms with Gasteiger partial charge in [-0.1, -0.05) is 18.2 Å². The van der Waals surface area contributed by atoms with Crippen LogP contribution >= 0.6 is 0 Å². The molecule has 1 aromatic carbocycles. The van der Waals surface area contributed by atoms with Crippen molar-refractivity contribution >= 4 is 22.8 Å². The highest BCUT2D eigenvalue weighted by molar-refractivity contribution is 5.83. The number of fused-ring (bicyclic) bond motifs is 1. The van der Waals surface area contributed by atoms with Crippen molar-refractivity contribution in [2.75, 3.05) is 32.7 Å². The van der Waals surface area contributed by atoms with E-state index in [1.54, 1.807) is 0 Å². The van der Waals surface area contributed by atoms with Gasteiger partial charge in [-0.15, -0.1) is 0 Å². The van der Waals surface area contributed by atoms with Crippen molar-refractivity contribution in [3.8, 4) is 0 Å². The number of hydrogen-bond donors (Lipinski definition) is 3. The van der Waals surface area contributed by atoms with Crippen LogP contribution < -0.4 is 10.6 Å². The molecule has 3 rings (SSSR count). The van der Waals surface area contributed by atoms with E-state index in [0.717, 1.165) is 64.4 Å². The van der Waals surface area contributed by atoms with Gasteiger partial charge in [0, 0.05) is 56.2 Å². The summed E-state index contributed by atoms with van der Waals surface area (Å²) in [6.07, 6.45) is 6.83. The van der Waals surface area contributed by atoms with E-state index in [9.17, 15) is 4.79 Å². The second-order valence-corrected chi connectivity index (χ2v) is 6.99. The van der Waals surface area contributed by atoms with Gasteiger partial charge in [-0.25, -0.2) is 0 Å². The number of carbonyl (C=O) groups is 1. The van der Waals surface area contributed by atoms with Crippen molar-refractivity contribution in [3.63, 3.8) is 0 Å². The monoisotopic (exact) mass is 369 g/mol. The maximum absolute atomic E-state index is 11.6. The largest absolute Gasteiger partial charge is 0.361 e. The van der Waals surface area contributed by atoms with Crippen LogP contribution in [0.25, 0.3) is 10.9 Å². The quantitative estimate of drug-likeness (QED) is 0.361. The van der Waals surface area contributed by atoms with Crippen LogP contribution in [0.5, 0.6) is 0 Å². The van der Waals surface area contributed by atoms with Gasteiger partial charge in [-0.3, -0.25) is 9.79 Å². The Hall–Kier alpha value is -2.50. The SMILES string of the molecule is CCNC(=NCCCN1CCCC1=O)NCCCc1c[nH]c2ccccc12. The summed E-state index contributed by atoms with van der Waals surface area (Å²) in [5.41, 5.74) is 2.57. The molecular formula is C21H31N5O. The lowest BCUT2D eigenvalue weighted by molar-refractivity contribution is -0.127. The Bertz CT molecular complexity index is 767. The summed E-state index contributed by atoms with van der Waals surface area (Å²) in [7, 11) is 0. The number of rotatable bonds is 9. The maximum atomic E-state index is 11.6. The molecule has 0 atom stereocenters. The molecule has 1 aliphatic heterocycles. The van der Waals surface area contributed by atoms with E-state index in [1.165, 1.54) is 16.5 Å². The number of H-pyrrole nitrogens is 1. The van der Waals surface area contributed by atoms with Crippen LogP contribution in [-0.2, 0) is 11.2 Å². The van der Waals surface area contributed by atoms with Gasteiger partial charge in [-0.05, 0) is 44.2 Å². The number of aromatic nitrogens is 1. The van der Waals surface area contributed by atoms with Crippen molar-refractivity contribution in [2.24, 2.45) is 4.99 Å². The zero-order chi connectivity index (χ0) is 18.9. The van der Waals surface area contributed by atoms with Crippen LogP contribution in [0.4, 0.5) is 0 Å². The molecule has 0 unspecified atom stereocenters. The summed E-state index contributed by atoms with van der Waals surface area (Å²) in [6.45, 7) is 6.28. The molecule has 0 bridgehead atoms. The number of aliphatic imine (C=N–C) groups is 1. The summed E-state index contributed by atoms with van der Waals surface area (Å²) in [4.78, 5) is 21.5. The zero-order valence-corrected chi connectivity index (χ0v) is 16.3. The number of benzene rings is 1. The lowest BCUT2D eigenvalue weighted by Crippen LogP contribution is -2.38.